The average Bonchev–Trinajstić information content (AvgIpc) is 2.05. The Bertz CT molecular complexity index is 141. The van der Waals surface area contributed by atoms with E-state index >= 15 is 0 Å². The maximum Gasteiger partial charge on any atom is 0.0850 e. The summed E-state index contributed by atoms with van der Waals surface area (Å²) in [7, 11) is 3.65. The van der Waals surface area contributed by atoms with E-state index in [2.05, 4.69) is 17.6 Å². The van der Waals surface area contributed by atoms with Crippen molar-refractivity contribution in [2.75, 3.05) is 14.1 Å². The van der Waals surface area contributed by atoms with E-state index in [0.29, 0.717) is 0 Å². The minimum atomic E-state index is 0.190. The SMILES string of the molecule is CCC(C(=S)NC)C(=S)NC. The smallest absolute Gasteiger partial charge is 0.0850 e. The Morgan fingerprint density at radius 2 is 1.55 bits per heavy atom. The topological polar surface area (TPSA) is 24.1 Å². The summed E-state index contributed by atoms with van der Waals surface area (Å²) >= 11 is 10.2. The Morgan fingerprint density at radius 1 is 1.18 bits per heavy atom. The Labute approximate surface area is 78.7 Å². The molecule has 0 aliphatic rings. The summed E-state index contributed by atoms with van der Waals surface area (Å²) < 4.78 is 0. The molecule has 0 fully saturated rings. The van der Waals surface area contributed by atoms with Gasteiger partial charge < -0.3 is 10.6 Å². The minimum Gasteiger partial charge on any atom is -0.382 e. The van der Waals surface area contributed by atoms with Crippen LogP contribution in [0, 0.1) is 5.92 Å². The van der Waals surface area contributed by atoms with Crippen molar-refractivity contribution in [2.24, 2.45) is 5.92 Å². The molecule has 0 aliphatic carbocycles. The Kier molecular flexibility index (Phi) is 5.32. The van der Waals surface area contributed by atoms with Gasteiger partial charge in [0.05, 0.1) is 15.9 Å². The van der Waals surface area contributed by atoms with Crippen molar-refractivity contribution >= 4 is 34.4 Å². The average molecular weight is 190 g/mol. The van der Waals surface area contributed by atoms with Crippen LogP contribution in [-0.4, -0.2) is 24.1 Å². The minimum absolute atomic E-state index is 0.190. The molecule has 4 heteroatoms. The highest BCUT2D eigenvalue weighted by Gasteiger charge is 2.14. The maximum atomic E-state index is 5.08. The van der Waals surface area contributed by atoms with Crippen LogP contribution in [0.15, 0.2) is 0 Å². The lowest BCUT2D eigenvalue weighted by atomic mass is 10.1. The zero-order valence-electron chi connectivity index (χ0n) is 7.10. The van der Waals surface area contributed by atoms with Gasteiger partial charge in [-0.3, -0.25) is 0 Å². The molecule has 0 spiro atoms. The third-order valence-electron chi connectivity index (χ3n) is 1.53. The van der Waals surface area contributed by atoms with Crippen LogP contribution in [-0.2, 0) is 0 Å². The Balaban J connectivity index is 4.15. The fraction of sp³-hybridized carbons (Fsp3) is 0.714. The second kappa shape index (κ2) is 5.43. The zero-order chi connectivity index (χ0) is 8.85. The summed E-state index contributed by atoms with van der Waals surface area (Å²) in [5.41, 5.74) is 0. The summed E-state index contributed by atoms with van der Waals surface area (Å²) in [6.45, 7) is 2.07. The van der Waals surface area contributed by atoms with E-state index in [-0.39, 0.29) is 5.92 Å². The van der Waals surface area contributed by atoms with Gasteiger partial charge in [-0.25, -0.2) is 0 Å². The van der Waals surface area contributed by atoms with Crippen molar-refractivity contribution in [1.29, 1.82) is 0 Å². The number of thiocarbonyl (C=S) groups is 2. The molecule has 0 rings (SSSR count). The number of hydrogen-bond acceptors (Lipinski definition) is 2. The Hall–Kier alpha value is -0.220. The molecule has 2 N–H and O–H groups in total. The van der Waals surface area contributed by atoms with Crippen molar-refractivity contribution in [2.45, 2.75) is 13.3 Å². The number of hydrogen-bond donors (Lipinski definition) is 2. The molecule has 11 heavy (non-hydrogen) atoms. The summed E-state index contributed by atoms with van der Waals surface area (Å²) in [6.07, 6.45) is 0.944. The van der Waals surface area contributed by atoms with Crippen LogP contribution < -0.4 is 10.6 Å². The molecule has 0 aliphatic heterocycles. The predicted octanol–water partition coefficient (Wildman–Crippen LogP) is 1.11. The molecule has 2 nitrogen and oxygen atoms in total. The van der Waals surface area contributed by atoms with Gasteiger partial charge in [0.2, 0.25) is 0 Å². The van der Waals surface area contributed by atoms with Gasteiger partial charge in [-0.05, 0) is 6.42 Å². The molecular weight excluding hydrogens is 176 g/mol. The fourth-order valence-corrected chi connectivity index (χ4v) is 1.48. The lowest BCUT2D eigenvalue weighted by Gasteiger charge is -2.16. The van der Waals surface area contributed by atoms with E-state index in [4.69, 9.17) is 24.4 Å². The van der Waals surface area contributed by atoms with Crippen molar-refractivity contribution < 1.29 is 0 Å². The Morgan fingerprint density at radius 3 is 1.73 bits per heavy atom. The summed E-state index contributed by atoms with van der Waals surface area (Å²) in [4.78, 5) is 1.62. The third kappa shape index (κ3) is 3.12. The molecule has 0 bridgehead atoms. The molecule has 0 saturated heterocycles. The monoisotopic (exact) mass is 190 g/mol. The lowest BCUT2D eigenvalue weighted by molar-refractivity contribution is 0.824. The van der Waals surface area contributed by atoms with Gasteiger partial charge in [-0.2, -0.15) is 0 Å². The first-order valence-electron chi connectivity index (χ1n) is 3.60. The van der Waals surface area contributed by atoms with Crippen LogP contribution in [0.4, 0.5) is 0 Å². The molecule has 0 unspecified atom stereocenters. The first-order valence-corrected chi connectivity index (χ1v) is 4.42. The molecule has 0 heterocycles. The first kappa shape index (κ1) is 10.8. The van der Waals surface area contributed by atoms with E-state index in [1.165, 1.54) is 0 Å². The molecule has 0 radical (unpaired) electrons. The van der Waals surface area contributed by atoms with Gasteiger partial charge in [-0.1, -0.05) is 31.4 Å². The van der Waals surface area contributed by atoms with E-state index in [1.54, 1.807) is 0 Å². The van der Waals surface area contributed by atoms with Crippen LogP contribution in [0.2, 0.25) is 0 Å². The highest BCUT2D eigenvalue weighted by atomic mass is 32.1. The van der Waals surface area contributed by atoms with Crippen LogP contribution >= 0.6 is 24.4 Å². The molecule has 0 aromatic carbocycles. The van der Waals surface area contributed by atoms with Gasteiger partial charge >= 0.3 is 0 Å². The summed E-state index contributed by atoms with van der Waals surface area (Å²) in [6, 6.07) is 0. The standard InChI is InChI=1S/C7H14N2S2/c1-4-5(6(10)8-2)7(11)9-3/h5H,4H2,1-3H3,(H,8,10)(H,9,11). The summed E-state index contributed by atoms with van der Waals surface area (Å²) in [5, 5.41) is 5.87. The molecule has 0 atom stereocenters. The van der Waals surface area contributed by atoms with Gasteiger partial charge in [0.25, 0.3) is 0 Å². The zero-order valence-corrected chi connectivity index (χ0v) is 8.73. The van der Waals surface area contributed by atoms with Gasteiger partial charge in [0, 0.05) is 14.1 Å². The van der Waals surface area contributed by atoms with Crippen molar-refractivity contribution in [3.63, 3.8) is 0 Å². The molecule has 0 aromatic heterocycles. The predicted molar refractivity (Wildman–Crippen MR) is 57.1 cm³/mol. The highest BCUT2D eigenvalue weighted by Crippen LogP contribution is 2.05. The summed E-state index contributed by atoms with van der Waals surface area (Å²) in [5.74, 6) is 0.190. The first-order chi connectivity index (χ1) is 5.17. The molecule has 0 saturated carbocycles. The van der Waals surface area contributed by atoms with E-state index in [1.807, 2.05) is 14.1 Å². The van der Waals surface area contributed by atoms with Crippen LogP contribution in [0.3, 0.4) is 0 Å². The third-order valence-corrected chi connectivity index (χ3v) is 2.51. The molecular formula is C7H14N2S2. The van der Waals surface area contributed by atoms with Gasteiger partial charge in [0.1, 0.15) is 0 Å². The van der Waals surface area contributed by atoms with Crippen molar-refractivity contribution in [3.8, 4) is 0 Å². The van der Waals surface area contributed by atoms with E-state index < -0.39 is 0 Å². The maximum absolute atomic E-state index is 5.08. The second-order valence-electron chi connectivity index (χ2n) is 2.19. The second-order valence-corrected chi connectivity index (χ2v) is 3.07. The normalized spacial score (nSPS) is 9.45. The van der Waals surface area contributed by atoms with Crippen molar-refractivity contribution in [1.82, 2.24) is 10.6 Å². The van der Waals surface area contributed by atoms with Crippen LogP contribution in [0.5, 0.6) is 0 Å². The number of nitrogens with one attached hydrogen (secondary N) is 2. The molecule has 64 valence electrons. The lowest BCUT2D eigenvalue weighted by Crippen LogP contribution is -2.35. The van der Waals surface area contributed by atoms with E-state index in [9.17, 15) is 0 Å². The molecule has 0 amide bonds. The molecule has 0 aromatic rings. The van der Waals surface area contributed by atoms with Crippen molar-refractivity contribution in [3.05, 3.63) is 0 Å². The van der Waals surface area contributed by atoms with Crippen LogP contribution in [0.1, 0.15) is 13.3 Å². The van der Waals surface area contributed by atoms with Gasteiger partial charge in [0.15, 0.2) is 0 Å². The van der Waals surface area contributed by atoms with E-state index in [0.717, 1.165) is 16.4 Å². The quantitative estimate of drug-likeness (QED) is 0.651. The highest BCUT2D eigenvalue weighted by molar-refractivity contribution is 7.82. The fourth-order valence-electron chi connectivity index (χ4n) is 0.838. The largest absolute Gasteiger partial charge is 0.382 e. The van der Waals surface area contributed by atoms with Gasteiger partial charge in [-0.15, -0.1) is 0 Å². The number of rotatable bonds is 3. The van der Waals surface area contributed by atoms with Crippen LogP contribution in [0.25, 0.3) is 0 Å².